The Balaban J connectivity index is 2.37. The number of hydrogen-bond acceptors (Lipinski definition) is 5. The zero-order valence-electron chi connectivity index (χ0n) is 9.56. The lowest BCUT2D eigenvalue weighted by Crippen LogP contribution is -2.31. The van der Waals surface area contributed by atoms with Gasteiger partial charge in [0, 0.05) is 5.56 Å². The number of ether oxygens (including phenoxy) is 2. The maximum atomic E-state index is 11.8. The molecule has 5 nitrogen and oxygen atoms in total. The number of hydrogen-bond donors (Lipinski definition) is 2. The summed E-state index contributed by atoms with van der Waals surface area (Å²) in [6, 6.07) is 6.82. The lowest BCUT2D eigenvalue weighted by Gasteiger charge is -2.22. The first-order valence-corrected chi connectivity index (χ1v) is 5.06. The second kappa shape index (κ2) is 3.69. The van der Waals surface area contributed by atoms with Gasteiger partial charge in [-0.25, -0.2) is 0 Å². The molecule has 1 aromatic rings. The van der Waals surface area contributed by atoms with Crippen molar-refractivity contribution in [2.75, 3.05) is 7.11 Å². The van der Waals surface area contributed by atoms with Crippen LogP contribution in [0.2, 0.25) is 0 Å². The number of carbonyl (C=O) groups is 1. The lowest BCUT2D eigenvalue weighted by atomic mass is 9.91. The normalized spacial score (nSPS) is 23.8. The van der Waals surface area contributed by atoms with E-state index in [1.54, 1.807) is 38.3 Å². The van der Waals surface area contributed by atoms with Crippen LogP contribution in [0, 0.1) is 0 Å². The Kier molecular flexibility index (Phi) is 2.46. The number of rotatable bonds is 2. The molecule has 1 unspecified atom stereocenters. The summed E-state index contributed by atoms with van der Waals surface area (Å²) in [6.45, 7) is 1.56. The van der Waals surface area contributed by atoms with Crippen LogP contribution in [0.15, 0.2) is 35.9 Å². The van der Waals surface area contributed by atoms with E-state index < -0.39 is 17.1 Å². The van der Waals surface area contributed by atoms with Crippen LogP contribution >= 0.6 is 0 Å². The molecular formula is C12H13NO4. The molecule has 0 spiro atoms. The van der Waals surface area contributed by atoms with Crippen molar-refractivity contribution in [3.63, 3.8) is 0 Å². The molecule has 3 N–H and O–H groups in total. The maximum absolute atomic E-state index is 11.8. The van der Waals surface area contributed by atoms with Crippen LogP contribution in [0.1, 0.15) is 12.5 Å². The highest BCUT2D eigenvalue weighted by Gasteiger charge is 2.47. The molecule has 0 saturated heterocycles. The fourth-order valence-electron chi connectivity index (χ4n) is 1.75. The van der Waals surface area contributed by atoms with Crippen molar-refractivity contribution in [3.05, 3.63) is 41.5 Å². The maximum Gasteiger partial charge on any atom is 0.250 e. The average molecular weight is 235 g/mol. The summed E-state index contributed by atoms with van der Waals surface area (Å²) in [5, 5.41) is 9.42. The second-order valence-electron chi connectivity index (χ2n) is 3.91. The molecule has 0 fully saturated rings. The van der Waals surface area contributed by atoms with Crippen molar-refractivity contribution >= 4 is 5.78 Å². The van der Waals surface area contributed by atoms with Gasteiger partial charge in [-0.1, -0.05) is 12.1 Å². The van der Waals surface area contributed by atoms with E-state index in [1.165, 1.54) is 0 Å². The van der Waals surface area contributed by atoms with Gasteiger partial charge in [-0.3, -0.25) is 4.79 Å². The fourth-order valence-corrected chi connectivity index (χ4v) is 1.75. The molecule has 90 valence electrons. The molecule has 0 amide bonds. The van der Waals surface area contributed by atoms with Gasteiger partial charge >= 0.3 is 0 Å². The topological polar surface area (TPSA) is 81.8 Å². The molecule has 0 aromatic heterocycles. The van der Waals surface area contributed by atoms with Crippen LogP contribution in [-0.2, 0) is 15.1 Å². The summed E-state index contributed by atoms with van der Waals surface area (Å²) in [4.78, 5) is 11.8. The Labute approximate surface area is 98.4 Å². The van der Waals surface area contributed by atoms with Gasteiger partial charge in [-0.15, -0.1) is 0 Å². The van der Waals surface area contributed by atoms with E-state index in [4.69, 9.17) is 15.2 Å². The molecule has 0 aliphatic carbocycles. The highest BCUT2D eigenvalue weighted by Crippen LogP contribution is 2.36. The van der Waals surface area contributed by atoms with Crippen LogP contribution in [0.4, 0.5) is 0 Å². The van der Waals surface area contributed by atoms with E-state index in [0.29, 0.717) is 11.3 Å². The van der Waals surface area contributed by atoms with Crippen LogP contribution < -0.4 is 10.5 Å². The molecule has 1 aliphatic heterocycles. The standard InChI is InChI=1S/C12H13NO4/c1-12(10(15)9(14)11(13)17-12)7-3-5-8(16-2)6-4-7/h3-6,14H,13H2,1-2H3. The van der Waals surface area contributed by atoms with Gasteiger partial charge in [0.1, 0.15) is 5.75 Å². The summed E-state index contributed by atoms with van der Waals surface area (Å²) >= 11 is 0. The Morgan fingerprint density at radius 1 is 1.35 bits per heavy atom. The highest BCUT2D eigenvalue weighted by atomic mass is 16.5. The number of methoxy groups -OCH3 is 1. The minimum absolute atomic E-state index is 0.242. The molecule has 2 rings (SSSR count). The highest BCUT2D eigenvalue weighted by molar-refractivity contribution is 6.02. The fraction of sp³-hybridized carbons (Fsp3) is 0.250. The van der Waals surface area contributed by atoms with Crippen LogP contribution in [0.5, 0.6) is 5.75 Å². The van der Waals surface area contributed by atoms with Gasteiger partial charge in [0.15, 0.2) is 5.60 Å². The van der Waals surface area contributed by atoms with E-state index in [-0.39, 0.29) is 5.88 Å². The third kappa shape index (κ3) is 1.60. The van der Waals surface area contributed by atoms with Gasteiger partial charge in [0.2, 0.25) is 11.6 Å². The van der Waals surface area contributed by atoms with Crippen LogP contribution in [0.3, 0.4) is 0 Å². The molecule has 0 saturated carbocycles. The first kappa shape index (κ1) is 11.3. The molecule has 1 aliphatic rings. The minimum atomic E-state index is -1.26. The molecule has 0 radical (unpaired) electrons. The third-order valence-electron chi connectivity index (χ3n) is 2.84. The Bertz CT molecular complexity index is 492. The van der Waals surface area contributed by atoms with E-state index >= 15 is 0 Å². The van der Waals surface area contributed by atoms with E-state index in [2.05, 4.69) is 0 Å². The van der Waals surface area contributed by atoms with Crippen LogP contribution in [0.25, 0.3) is 0 Å². The van der Waals surface area contributed by atoms with Crippen LogP contribution in [-0.4, -0.2) is 18.0 Å². The summed E-state index contributed by atoms with van der Waals surface area (Å²) in [5.74, 6) is -0.634. The molecule has 1 aromatic carbocycles. The van der Waals surface area contributed by atoms with Crippen molar-refractivity contribution in [3.8, 4) is 5.75 Å². The van der Waals surface area contributed by atoms with E-state index in [9.17, 15) is 9.90 Å². The third-order valence-corrected chi connectivity index (χ3v) is 2.84. The number of nitrogens with two attached hydrogens (primary N) is 1. The lowest BCUT2D eigenvalue weighted by molar-refractivity contribution is -0.131. The molecule has 1 atom stereocenters. The predicted octanol–water partition coefficient (Wildman–Crippen LogP) is 1.20. The van der Waals surface area contributed by atoms with Crippen molar-refractivity contribution < 1.29 is 19.4 Å². The quantitative estimate of drug-likeness (QED) is 0.804. The number of aliphatic hydroxyl groups is 1. The zero-order chi connectivity index (χ0) is 12.6. The minimum Gasteiger partial charge on any atom is -0.501 e. The largest absolute Gasteiger partial charge is 0.501 e. The number of ketones is 1. The number of aliphatic hydroxyl groups excluding tert-OH is 1. The summed E-state index contributed by atoms with van der Waals surface area (Å²) in [6.07, 6.45) is 0. The smallest absolute Gasteiger partial charge is 0.250 e. The Morgan fingerprint density at radius 3 is 2.35 bits per heavy atom. The SMILES string of the molecule is COc1ccc(C2(C)OC(N)=C(O)C2=O)cc1. The summed E-state index contributed by atoms with van der Waals surface area (Å²) in [5.41, 5.74) is 4.74. The number of Topliss-reactive ketones (excluding diaryl/α,β-unsaturated/α-hetero) is 1. The van der Waals surface area contributed by atoms with Crippen molar-refractivity contribution in [1.82, 2.24) is 0 Å². The molecule has 1 heterocycles. The van der Waals surface area contributed by atoms with Crippen molar-refractivity contribution in [1.29, 1.82) is 0 Å². The van der Waals surface area contributed by atoms with Crippen molar-refractivity contribution in [2.45, 2.75) is 12.5 Å². The number of carbonyl (C=O) groups excluding carboxylic acids is 1. The van der Waals surface area contributed by atoms with E-state index in [0.717, 1.165) is 0 Å². The summed E-state index contributed by atoms with van der Waals surface area (Å²) < 4.78 is 10.3. The second-order valence-corrected chi connectivity index (χ2v) is 3.91. The molecule has 17 heavy (non-hydrogen) atoms. The predicted molar refractivity (Wildman–Crippen MR) is 60.3 cm³/mol. The van der Waals surface area contributed by atoms with Gasteiger partial charge in [0.05, 0.1) is 7.11 Å². The van der Waals surface area contributed by atoms with Gasteiger partial charge in [-0.05, 0) is 19.1 Å². The van der Waals surface area contributed by atoms with Crippen molar-refractivity contribution in [2.24, 2.45) is 5.73 Å². The monoisotopic (exact) mass is 235 g/mol. The Hall–Kier alpha value is -2.17. The summed E-state index contributed by atoms with van der Waals surface area (Å²) in [7, 11) is 1.55. The van der Waals surface area contributed by atoms with Gasteiger partial charge in [-0.2, -0.15) is 0 Å². The van der Waals surface area contributed by atoms with Gasteiger partial charge in [0.25, 0.3) is 5.78 Å². The molecular weight excluding hydrogens is 222 g/mol. The van der Waals surface area contributed by atoms with E-state index in [1.807, 2.05) is 0 Å². The zero-order valence-corrected chi connectivity index (χ0v) is 9.56. The van der Waals surface area contributed by atoms with Gasteiger partial charge < -0.3 is 20.3 Å². The average Bonchev–Trinajstić information content (AvgIpc) is 2.55. The first-order valence-electron chi connectivity index (χ1n) is 5.06. The molecule has 0 bridgehead atoms. The molecule has 5 heteroatoms. The number of benzene rings is 1. The Morgan fingerprint density at radius 2 is 1.94 bits per heavy atom. The first-order chi connectivity index (χ1) is 7.99.